The second-order valence-corrected chi connectivity index (χ2v) is 6.24. The van der Waals surface area contributed by atoms with E-state index in [-0.39, 0.29) is 12.5 Å². The molecule has 146 valence electrons. The van der Waals surface area contributed by atoms with E-state index in [0.29, 0.717) is 30.7 Å². The number of nitrogens with zero attached hydrogens (tertiary/aromatic N) is 3. The Kier molecular flexibility index (Phi) is 5.88. The summed E-state index contributed by atoms with van der Waals surface area (Å²) in [4.78, 5) is 41.4. The van der Waals surface area contributed by atoms with Crippen molar-refractivity contribution in [2.75, 3.05) is 13.7 Å². The Morgan fingerprint density at radius 2 is 1.93 bits per heavy atom. The first-order chi connectivity index (χ1) is 13.5. The number of rotatable bonds is 7. The number of carbonyl (C=O) groups excluding carboxylic acids is 1. The second kappa shape index (κ2) is 8.51. The van der Waals surface area contributed by atoms with Gasteiger partial charge in [0.1, 0.15) is 12.3 Å². The van der Waals surface area contributed by atoms with Crippen molar-refractivity contribution in [1.82, 2.24) is 19.4 Å². The quantitative estimate of drug-likeness (QED) is 0.614. The Labute approximate surface area is 161 Å². The van der Waals surface area contributed by atoms with E-state index in [2.05, 4.69) is 10.3 Å². The number of benzene rings is 1. The van der Waals surface area contributed by atoms with E-state index in [1.807, 2.05) is 24.3 Å². The van der Waals surface area contributed by atoms with Gasteiger partial charge in [-0.2, -0.15) is 0 Å². The summed E-state index contributed by atoms with van der Waals surface area (Å²) in [5, 5.41) is 2.79. The van der Waals surface area contributed by atoms with Crippen LogP contribution in [0.2, 0.25) is 0 Å². The molecule has 8 nitrogen and oxygen atoms in total. The summed E-state index contributed by atoms with van der Waals surface area (Å²) < 4.78 is 7.68. The van der Waals surface area contributed by atoms with Crippen LogP contribution in [0.1, 0.15) is 12.5 Å². The lowest BCUT2D eigenvalue weighted by atomic mass is 10.1. The number of nitrogens with one attached hydrogen (secondary N) is 1. The van der Waals surface area contributed by atoms with Crippen LogP contribution in [0, 0.1) is 0 Å². The van der Waals surface area contributed by atoms with Crippen molar-refractivity contribution in [3.8, 4) is 5.75 Å². The minimum Gasteiger partial charge on any atom is -0.497 e. The molecule has 1 N–H and O–H groups in total. The number of aromatic nitrogens is 3. The molecule has 0 aliphatic carbocycles. The van der Waals surface area contributed by atoms with E-state index in [4.69, 9.17) is 4.74 Å². The van der Waals surface area contributed by atoms with Crippen LogP contribution in [0.15, 0.2) is 52.2 Å². The van der Waals surface area contributed by atoms with Gasteiger partial charge in [-0.15, -0.1) is 0 Å². The average Bonchev–Trinajstić information content (AvgIpc) is 2.72. The average molecular weight is 382 g/mol. The maximum atomic E-state index is 12.5. The highest BCUT2D eigenvalue weighted by molar-refractivity contribution is 5.78. The maximum absolute atomic E-state index is 12.5. The van der Waals surface area contributed by atoms with Gasteiger partial charge in [0, 0.05) is 19.3 Å². The Hall–Kier alpha value is -3.42. The molecule has 0 saturated heterocycles. The van der Waals surface area contributed by atoms with Crippen LogP contribution < -0.4 is 21.2 Å². The molecule has 2 heterocycles. The fourth-order valence-electron chi connectivity index (χ4n) is 3.07. The number of methoxy groups -OCH3 is 1. The fraction of sp³-hybridized carbons (Fsp3) is 0.300. The molecule has 0 aliphatic heterocycles. The highest BCUT2D eigenvalue weighted by Gasteiger charge is 2.15. The van der Waals surface area contributed by atoms with Crippen molar-refractivity contribution >= 4 is 17.1 Å². The molecule has 28 heavy (non-hydrogen) atoms. The van der Waals surface area contributed by atoms with E-state index in [1.165, 1.54) is 9.13 Å². The van der Waals surface area contributed by atoms with Crippen molar-refractivity contribution in [2.24, 2.45) is 0 Å². The number of amides is 1. The predicted molar refractivity (Wildman–Crippen MR) is 106 cm³/mol. The Morgan fingerprint density at radius 3 is 2.68 bits per heavy atom. The smallest absolute Gasteiger partial charge is 0.318 e. The van der Waals surface area contributed by atoms with Gasteiger partial charge >= 0.3 is 11.1 Å². The molecular formula is C20H22N4O4. The number of pyridine rings is 1. The molecule has 2 aromatic heterocycles. The minimum absolute atomic E-state index is 0.237. The Balaban J connectivity index is 1.75. The highest BCUT2D eigenvalue weighted by atomic mass is 16.5. The van der Waals surface area contributed by atoms with Crippen LogP contribution in [-0.4, -0.2) is 33.7 Å². The SMILES string of the molecule is CCn1c(=O)c(=O)n(CC(=O)NCCc2cccc(OC)c2)c2cccnc21. The Bertz CT molecular complexity index is 1120. The molecule has 0 aliphatic rings. The lowest BCUT2D eigenvalue weighted by Gasteiger charge is -2.13. The molecule has 0 unspecified atom stereocenters. The van der Waals surface area contributed by atoms with Gasteiger partial charge in [0.25, 0.3) is 0 Å². The summed E-state index contributed by atoms with van der Waals surface area (Å²) in [6.07, 6.45) is 2.18. The molecule has 0 fully saturated rings. The molecule has 1 amide bonds. The molecule has 0 bridgehead atoms. The van der Waals surface area contributed by atoms with Crippen LogP contribution in [0.25, 0.3) is 11.2 Å². The van der Waals surface area contributed by atoms with E-state index < -0.39 is 11.1 Å². The van der Waals surface area contributed by atoms with Gasteiger partial charge in [0.05, 0.1) is 12.6 Å². The van der Waals surface area contributed by atoms with E-state index in [0.717, 1.165) is 11.3 Å². The van der Waals surface area contributed by atoms with Crippen LogP contribution in [0.5, 0.6) is 5.75 Å². The van der Waals surface area contributed by atoms with Crippen molar-refractivity contribution in [1.29, 1.82) is 0 Å². The lowest BCUT2D eigenvalue weighted by Crippen LogP contribution is -2.44. The summed E-state index contributed by atoms with van der Waals surface area (Å²) in [5.74, 6) is 0.412. The first-order valence-electron chi connectivity index (χ1n) is 9.03. The van der Waals surface area contributed by atoms with Gasteiger partial charge < -0.3 is 10.1 Å². The Morgan fingerprint density at radius 1 is 1.14 bits per heavy atom. The second-order valence-electron chi connectivity index (χ2n) is 6.24. The third-order valence-corrected chi connectivity index (χ3v) is 4.47. The highest BCUT2D eigenvalue weighted by Crippen LogP contribution is 2.12. The van der Waals surface area contributed by atoms with Crippen molar-refractivity contribution < 1.29 is 9.53 Å². The van der Waals surface area contributed by atoms with Crippen LogP contribution >= 0.6 is 0 Å². The maximum Gasteiger partial charge on any atom is 0.318 e. The summed E-state index contributed by atoms with van der Waals surface area (Å²) in [6, 6.07) is 10.9. The minimum atomic E-state index is -0.731. The number of ether oxygens (including phenoxy) is 1. The first kappa shape index (κ1) is 19.3. The van der Waals surface area contributed by atoms with Gasteiger partial charge in [-0.25, -0.2) is 4.98 Å². The summed E-state index contributed by atoms with van der Waals surface area (Å²) in [7, 11) is 1.60. The molecule has 1 aromatic carbocycles. The third-order valence-electron chi connectivity index (χ3n) is 4.47. The normalized spacial score (nSPS) is 10.8. The molecular weight excluding hydrogens is 360 g/mol. The molecule has 0 radical (unpaired) electrons. The number of hydrogen-bond acceptors (Lipinski definition) is 5. The molecule has 0 saturated carbocycles. The predicted octanol–water partition coefficient (Wildman–Crippen LogP) is 0.946. The van der Waals surface area contributed by atoms with Crippen molar-refractivity contribution in [3.63, 3.8) is 0 Å². The van der Waals surface area contributed by atoms with E-state index in [9.17, 15) is 14.4 Å². The summed E-state index contributed by atoms with van der Waals surface area (Å²) >= 11 is 0. The topological polar surface area (TPSA) is 95.2 Å². The first-order valence-corrected chi connectivity index (χ1v) is 9.03. The van der Waals surface area contributed by atoms with Crippen LogP contribution in [-0.2, 0) is 24.3 Å². The van der Waals surface area contributed by atoms with Crippen molar-refractivity contribution in [3.05, 3.63) is 68.9 Å². The van der Waals surface area contributed by atoms with Gasteiger partial charge in [0.15, 0.2) is 5.65 Å². The molecule has 0 spiro atoms. The van der Waals surface area contributed by atoms with Crippen LogP contribution in [0.4, 0.5) is 0 Å². The molecule has 3 rings (SSSR count). The van der Waals surface area contributed by atoms with E-state index in [1.54, 1.807) is 32.4 Å². The fourth-order valence-corrected chi connectivity index (χ4v) is 3.07. The lowest BCUT2D eigenvalue weighted by molar-refractivity contribution is -0.121. The molecule has 3 aromatic rings. The number of fused-ring (bicyclic) bond motifs is 1. The zero-order chi connectivity index (χ0) is 20.1. The number of carbonyl (C=O) groups is 1. The number of hydrogen-bond donors (Lipinski definition) is 1. The van der Waals surface area contributed by atoms with Gasteiger partial charge in [-0.1, -0.05) is 12.1 Å². The standard InChI is InChI=1S/C20H22N4O4/c1-3-23-18-16(8-5-10-22-18)24(20(27)19(23)26)13-17(25)21-11-9-14-6-4-7-15(12-14)28-2/h4-8,10,12H,3,9,11,13H2,1-2H3,(H,21,25). The zero-order valence-electron chi connectivity index (χ0n) is 15.8. The van der Waals surface area contributed by atoms with Gasteiger partial charge in [-0.3, -0.25) is 23.5 Å². The van der Waals surface area contributed by atoms with Crippen molar-refractivity contribution in [2.45, 2.75) is 26.4 Å². The molecule has 0 atom stereocenters. The van der Waals surface area contributed by atoms with Gasteiger partial charge in [0.2, 0.25) is 5.91 Å². The van der Waals surface area contributed by atoms with Crippen LogP contribution in [0.3, 0.4) is 0 Å². The summed E-state index contributed by atoms with van der Waals surface area (Å²) in [6.45, 7) is 2.27. The largest absolute Gasteiger partial charge is 0.497 e. The third kappa shape index (κ3) is 3.95. The van der Waals surface area contributed by atoms with Gasteiger partial charge in [-0.05, 0) is 43.2 Å². The summed E-state index contributed by atoms with van der Waals surface area (Å²) in [5.41, 5.74) is 0.455. The monoisotopic (exact) mass is 382 g/mol. The number of aryl methyl sites for hydroxylation is 1. The van der Waals surface area contributed by atoms with E-state index >= 15 is 0 Å². The molecule has 8 heteroatoms. The zero-order valence-corrected chi connectivity index (χ0v) is 15.8.